The van der Waals surface area contributed by atoms with Crippen LogP contribution in [-0.4, -0.2) is 17.0 Å². The fourth-order valence-corrected chi connectivity index (χ4v) is 1.79. The van der Waals surface area contributed by atoms with Crippen molar-refractivity contribution in [2.24, 2.45) is 5.10 Å². The summed E-state index contributed by atoms with van der Waals surface area (Å²) >= 11 is 0. The first-order chi connectivity index (χ1) is 9.97. The van der Waals surface area contributed by atoms with Crippen molar-refractivity contribution in [3.63, 3.8) is 0 Å². The molecule has 1 heterocycles. The number of nitrogens with one attached hydrogen (secondary N) is 1. The molecule has 7 heteroatoms. The van der Waals surface area contributed by atoms with Gasteiger partial charge in [-0.2, -0.15) is 5.10 Å². The second-order valence-corrected chi connectivity index (χ2v) is 4.38. The van der Waals surface area contributed by atoms with E-state index >= 15 is 0 Å². The quantitative estimate of drug-likeness (QED) is 0.531. The van der Waals surface area contributed by atoms with E-state index in [0.29, 0.717) is 11.5 Å². The number of hydrogen-bond donors (Lipinski definition) is 1. The van der Waals surface area contributed by atoms with Crippen LogP contribution in [0.3, 0.4) is 0 Å². The van der Waals surface area contributed by atoms with Gasteiger partial charge in [0.2, 0.25) is 5.91 Å². The molecule has 0 atom stereocenters. The van der Waals surface area contributed by atoms with E-state index in [-0.39, 0.29) is 11.6 Å². The molecule has 0 spiro atoms. The third-order valence-electron chi connectivity index (χ3n) is 2.73. The maximum atomic E-state index is 10.7. The topological polar surface area (TPSA) is 97.7 Å². The third kappa shape index (κ3) is 3.53. The van der Waals surface area contributed by atoms with Crippen LogP contribution < -0.4 is 5.43 Å². The molecule has 0 aliphatic carbocycles. The molecule has 1 N–H and O–H groups in total. The van der Waals surface area contributed by atoms with Gasteiger partial charge in [-0.15, -0.1) is 0 Å². The summed E-state index contributed by atoms with van der Waals surface area (Å²) in [5.41, 5.74) is 3.81. The fourth-order valence-electron chi connectivity index (χ4n) is 1.79. The Kier molecular flexibility index (Phi) is 4.13. The lowest BCUT2D eigenvalue weighted by Crippen LogP contribution is -2.12. The number of amides is 1. The number of carbonyl (C=O) groups is 1. The normalized spacial score (nSPS) is 10.8. The maximum absolute atomic E-state index is 10.7. The average Bonchev–Trinajstić information content (AvgIpc) is 2.86. The molecule has 1 aromatic heterocycles. The van der Waals surface area contributed by atoms with Crippen molar-refractivity contribution in [3.8, 4) is 11.3 Å². The summed E-state index contributed by atoms with van der Waals surface area (Å²) in [5.74, 6) is 0.771. The summed E-state index contributed by atoms with van der Waals surface area (Å²) in [5, 5.41) is 14.4. The van der Waals surface area contributed by atoms with Gasteiger partial charge in [0.25, 0.3) is 5.69 Å². The summed E-state index contributed by atoms with van der Waals surface area (Å²) in [6.07, 6.45) is 1.38. The largest absolute Gasteiger partial charge is 0.455 e. The van der Waals surface area contributed by atoms with Crippen molar-refractivity contribution < 1.29 is 14.1 Å². The maximum Gasteiger partial charge on any atom is 0.269 e. The van der Waals surface area contributed by atoms with Crippen LogP contribution in [0.25, 0.3) is 11.3 Å². The number of nitrogens with zero attached hydrogens (tertiary/aromatic N) is 2. The highest BCUT2D eigenvalue weighted by Gasteiger charge is 2.11. The Bertz CT molecular complexity index is 719. The van der Waals surface area contributed by atoms with Crippen LogP contribution in [0.1, 0.15) is 18.2 Å². The van der Waals surface area contributed by atoms with Crippen molar-refractivity contribution in [1.82, 2.24) is 5.43 Å². The van der Waals surface area contributed by atoms with E-state index in [0.717, 1.165) is 11.1 Å². The molecule has 0 saturated heterocycles. The summed E-state index contributed by atoms with van der Waals surface area (Å²) < 4.78 is 5.56. The van der Waals surface area contributed by atoms with Crippen molar-refractivity contribution >= 4 is 17.8 Å². The third-order valence-corrected chi connectivity index (χ3v) is 2.73. The predicted molar refractivity (Wildman–Crippen MR) is 76.9 cm³/mol. The van der Waals surface area contributed by atoms with Gasteiger partial charge in [0, 0.05) is 24.6 Å². The molecule has 2 aromatic rings. The molecule has 2 rings (SSSR count). The van der Waals surface area contributed by atoms with Crippen LogP contribution in [0, 0.1) is 17.0 Å². The highest BCUT2D eigenvalue weighted by molar-refractivity contribution is 5.80. The van der Waals surface area contributed by atoms with Gasteiger partial charge in [-0.25, -0.2) is 5.43 Å². The van der Waals surface area contributed by atoms with Crippen LogP contribution >= 0.6 is 0 Å². The monoisotopic (exact) mass is 287 g/mol. The molecular formula is C14H13N3O4. The molecule has 0 bridgehead atoms. The highest BCUT2D eigenvalue weighted by Crippen LogP contribution is 2.28. The molecule has 0 unspecified atom stereocenters. The van der Waals surface area contributed by atoms with E-state index in [1.165, 1.54) is 25.3 Å². The molecule has 0 saturated carbocycles. The lowest BCUT2D eigenvalue weighted by molar-refractivity contribution is -0.384. The van der Waals surface area contributed by atoms with Gasteiger partial charge in [0.1, 0.15) is 11.5 Å². The first-order valence-electron chi connectivity index (χ1n) is 6.12. The van der Waals surface area contributed by atoms with E-state index in [2.05, 4.69) is 10.5 Å². The second kappa shape index (κ2) is 6.00. The molecule has 1 aromatic carbocycles. The number of nitro benzene ring substituents is 1. The van der Waals surface area contributed by atoms with E-state index in [1.54, 1.807) is 25.1 Å². The number of non-ortho nitro benzene ring substituents is 1. The Balaban J connectivity index is 2.23. The predicted octanol–water partition coefficient (Wildman–Crippen LogP) is 2.63. The van der Waals surface area contributed by atoms with Crippen molar-refractivity contribution in [2.75, 3.05) is 0 Å². The molecular weight excluding hydrogens is 274 g/mol. The summed E-state index contributed by atoms with van der Waals surface area (Å²) in [4.78, 5) is 21.0. The van der Waals surface area contributed by atoms with Gasteiger partial charge in [-0.1, -0.05) is 0 Å². The highest BCUT2D eigenvalue weighted by atomic mass is 16.6. The molecule has 0 aliphatic rings. The van der Waals surface area contributed by atoms with Crippen LogP contribution in [0.2, 0.25) is 0 Å². The number of carbonyl (C=O) groups excluding carboxylic acids is 1. The number of benzene rings is 1. The summed E-state index contributed by atoms with van der Waals surface area (Å²) in [6.45, 7) is 3.13. The van der Waals surface area contributed by atoms with Gasteiger partial charge in [0.15, 0.2) is 0 Å². The number of hydrogen-bond acceptors (Lipinski definition) is 5. The SMILES string of the molecule is CC(=O)N/N=C/c1ccc(-c2ccc([N+](=O)[O-])cc2C)o1. The van der Waals surface area contributed by atoms with E-state index in [9.17, 15) is 14.9 Å². The van der Waals surface area contributed by atoms with Crippen LogP contribution in [0.5, 0.6) is 0 Å². The second-order valence-electron chi connectivity index (χ2n) is 4.38. The van der Waals surface area contributed by atoms with Crippen molar-refractivity contribution in [3.05, 3.63) is 51.8 Å². The van der Waals surface area contributed by atoms with E-state index in [4.69, 9.17) is 4.42 Å². The van der Waals surface area contributed by atoms with Crippen LogP contribution in [-0.2, 0) is 4.79 Å². The lowest BCUT2D eigenvalue weighted by Gasteiger charge is -2.02. The Morgan fingerprint density at radius 2 is 2.14 bits per heavy atom. The Morgan fingerprint density at radius 3 is 2.76 bits per heavy atom. The number of aryl methyl sites for hydroxylation is 1. The molecule has 0 fully saturated rings. The summed E-state index contributed by atoms with van der Waals surface area (Å²) in [7, 11) is 0. The molecule has 7 nitrogen and oxygen atoms in total. The Labute approximate surface area is 120 Å². The van der Waals surface area contributed by atoms with Gasteiger partial charge in [-0.3, -0.25) is 14.9 Å². The smallest absolute Gasteiger partial charge is 0.269 e. The van der Waals surface area contributed by atoms with Crippen molar-refractivity contribution in [2.45, 2.75) is 13.8 Å². The zero-order valence-corrected chi connectivity index (χ0v) is 11.5. The van der Waals surface area contributed by atoms with Crippen LogP contribution in [0.4, 0.5) is 5.69 Å². The van der Waals surface area contributed by atoms with Gasteiger partial charge >= 0.3 is 0 Å². The van der Waals surface area contributed by atoms with E-state index < -0.39 is 4.92 Å². The molecule has 108 valence electrons. The fraction of sp³-hybridized carbons (Fsp3) is 0.143. The number of nitro groups is 1. The molecule has 21 heavy (non-hydrogen) atoms. The number of rotatable bonds is 4. The lowest BCUT2D eigenvalue weighted by atomic mass is 10.1. The average molecular weight is 287 g/mol. The minimum Gasteiger partial charge on any atom is -0.455 e. The Morgan fingerprint density at radius 1 is 1.38 bits per heavy atom. The summed E-state index contributed by atoms with van der Waals surface area (Å²) in [6, 6.07) is 7.99. The zero-order chi connectivity index (χ0) is 15.4. The number of hydrazone groups is 1. The Hall–Kier alpha value is -2.96. The van der Waals surface area contributed by atoms with Gasteiger partial charge in [0.05, 0.1) is 11.1 Å². The van der Waals surface area contributed by atoms with Crippen molar-refractivity contribution in [1.29, 1.82) is 0 Å². The van der Waals surface area contributed by atoms with E-state index in [1.807, 2.05) is 0 Å². The molecule has 0 radical (unpaired) electrons. The zero-order valence-electron chi connectivity index (χ0n) is 11.5. The minimum atomic E-state index is -0.440. The van der Waals surface area contributed by atoms with Gasteiger partial charge < -0.3 is 4.42 Å². The first-order valence-corrected chi connectivity index (χ1v) is 6.12. The van der Waals surface area contributed by atoms with Crippen LogP contribution in [0.15, 0.2) is 39.9 Å². The standard InChI is InChI=1S/C14H13N3O4/c1-9-7-11(17(19)20)3-5-13(9)14-6-4-12(21-14)8-15-16-10(2)18/h3-8H,1-2H3,(H,16,18)/b15-8+. The minimum absolute atomic E-state index is 0.0373. The molecule has 1 amide bonds. The molecule has 0 aliphatic heterocycles. The first kappa shape index (κ1) is 14.4. The number of furan rings is 1. The van der Waals surface area contributed by atoms with Gasteiger partial charge in [-0.05, 0) is 30.7 Å².